The van der Waals surface area contributed by atoms with Gasteiger partial charge < -0.3 is 10.3 Å². The molecule has 0 aliphatic rings. The number of hydrogen-bond acceptors (Lipinski definition) is 2. The molecule has 2 N–H and O–H groups in total. The van der Waals surface area contributed by atoms with Gasteiger partial charge in [-0.2, -0.15) is 0 Å². The van der Waals surface area contributed by atoms with Gasteiger partial charge in [-0.05, 0) is 32.8 Å². The van der Waals surface area contributed by atoms with E-state index in [1.165, 1.54) is 11.1 Å². The summed E-state index contributed by atoms with van der Waals surface area (Å²) in [5.74, 6) is 1.13. The Kier molecular flexibility index (Phi) is 4.38. The molecule has 0 amide bonds. The molecule has 0 fully saturated rings. The van der Waals surface area contributed by atoms with E-state index in [9.17, 15) is 0 Å². The second kappa shape index (κ2) is 6.02. The number of hydrogen-bond donors (Lipinski definition) is 1. The lowest BCUT2D eigenvalue weighted by Crippen LogP contribution is -2.13. The molecule has 102 valence electrons. The topological polar surface area (TPSA) is 43.8 Å². The monoisotopic (exact) mass is 257 g/mol. The Morgan fingerprint density at radius 1 is 1.21 bits per heavy atom. The number of aryl methyl sites for hydroxylation is 3. The van der Waals surface area contributed by atoms with E-state index in [4.69, 9.17) is 5.73 Å². The Morgan fingerprint density at radius 2 is 1.89 bits per heavy atom. The van der Waals surface area contributed by atoms with E-state index in [-0.39, 0.29) is 6.04 Å². The molecule has 1 heterocycles. The van der Waals surface area contributed by atoms with Crippen LogP contribution in [0.25, 0.3) is 0 Å². The summed E-state index contributed by atoms with van der Waals surface area (Å²) in [6.45, 7) is 7.19. The summed E-state index contributed by atoms with van der Waals surface area (Å²) in [4.78, 5) is 4.52. The fourth-order valence-electron chi connectivity index (χ4n) is 2.37. The van der Waals surface area contributed by atoms with Gasteiger partial charge in [0.2, 0.25) is 0 Å². The van der Waals surface area contributed by atoms with Gasteiger partial charge in [0.25, 0.3) is 0 Å². The highest BCUT2D eigenvalue weighted by Gasteiger charge is 2.11. The molecule has 1 unspecified atom stereocenters. The highest BCUT2D eigenvalue weighted by Crippen LogP contribution is 2.14. The number of aromatic nitrogens is 2. The molecule has 0 spiro atoms. The van der Waals surface area contributed by atoms with Crippen molar-refractivity contribution in [2.45, 2.75) is 46.2 Å². The van der Waals surface area contributed by atoms with Crippen LogP contribution in [-0.2, 0) is 19.4 Å². The van der Waals surface area contributed by atoms with E-state index in [0.717, 1.165) is 30.9 Å². The van der Waals surface area contributed by atoms with Gasteiger partial charge in [-0.3, -0.25) is 0 Å². The molecule has 0 aliphatic carbocycles. The highest BCUT2D eigenvalue weighted by molar-refractivity contribution is 5.22. The van der Waals surface area contributed by atoms with E-state index in [2.05, 4.69) is 47.7 Å². The normalized spacial score (nSPS) is 12.6. The Hall–Kier alpha value is -1.61. The molecule has 2 rings (SSSR count). The van der Waals surface area contributed by atoms with Crippen molar-refractivity contribution >= 4 is 0 Å². The van der Waals surface area contributed by atoms with Gasteiger partial charge in [0.1, 0.15) is 5.82 Å². The van der Waals surface area contributed by atoms with Crippen LogP contribution in [0.15, 0.2) is 30.5 Å². The zero-order valence-electron chi connectivity index (χ0n) is 12.1. The molecular formula is C16H23N3. The smallest absolute Gasteiger partial charge is 0.109 e. The molecule has 1 atom stereocenters. The highest BCUT2D eigenvalue weighted by atomic mass is 15.1. The SMILES string of the molecule is CCn1c(C(C)N)cnc1CCc1ccc(C)cc1. The number of rotatable bonds is 5. The first-order valence-electron chi connectivity index (χ1n) is 6.97. The molecule has 0 saturated carbocycles. The summed E-state index contributed by atoms with van der Waals surface area (Å²) in [7, 11) is 0. The third-order valence-corrected chi connectivity index (χ3v) is 3.51. The molecule has 0 saturated heterocycles. The Labute approximate surface area is 115 Å². The van der Waals surface area contributed by atoms with Crippen LogP contribution in [0.4, 0.5) is 0 Å². The maximum absolute atomic E-state index is 5.97. The van der Waals surface area contributed by atoms with Crippen LogP contribution in [0.2, 0.25) is 0 Å². The predicted octanol–water partition coefficient (Wildman–Crippen LogP) is 3.02. The standard InChI is InChI=1S/C16H23N3/c1-4-19-15(13(3)17)11-18-16(19)10-9-14-7-5-12(2)6-8-14/h5-8,11,13H,4,9-10,17H2,1-3H3. The van der Waals surface area contributed by atoms with Crippen LogP contribution >= 0.6 is 0 Å². The van der Waals surface area contributed by atoms with E-state index < -0.39 is 0 Å². The quantitative estimate of drug-likeness (QED) is 0.894. The Bertz CT molecular complexity index is 523. The van der Waals surface area contributed by atoms with Crippen molar-refractivity contribution in [3.8, 4) is 0 Å². The van der Waals surface area contributed by atoms with Gasteiger partial charge >= 0.3 is 0 Å². The fourth-order valence-corrected chi connectivity index (χ4v) is 2.37. The first-order valence-corrected chi connectivity index (χ1v) is 6.97. The average Bonchev–Trinajstić information content (AvgIpc) is 2.81. The minimum Gasteiger partial charge on any atom is -0.331 e. The lowest BCUT2D eigenvalue weighted by Gasteiger charge is -2.11. The van der Waals surface area contributed by atoms with Crippen molar-refractivity contribution in [1.29, 1.82) is 0 Å². The minimum atomic E-state index is 0.0422. The van der Waals surface area contributed by atoms with Gasteiger partial charge in [0, 0.05) is 19.0 Å². The van der Waals surface area contributed by atoms with Crippen LogP contribution in [-0.4, -0.2) is 9.55 Å². The lowest BCUT2D eigenvalue weighted by atomic mass is 10.1. The fraction of sp³-hybridized carbons (Fsp3) is 0.438. The molecule has 0 bridgehead atoms. The molecule has 1 aromatic heterocycles. The first kappa shape index (κ1) is 13.8. The van der Waals surface area contributed by atoms with Crippen molar-refractivity contribution < 1.29 is 0 Å². The first-order chi connectivity index (χ1) is 9.11. The van der Waals surface area contributed by atoms with Crippen molar-refractivity contribution in [3.63, 3.8) is 0 Å². The van der Waals surface area contributed by atoms with Crippen molar-refractivity contribution in [3.05, 3.63) is 53.1 Å². The summed E-state index contributed by atoms with van der Waals surface area (Å²) >= 11 is 0. The summed E-state index contributed by atoms with van der Waals surface area (Å²) in [5, 5.41) is 0. The van der Waals surface area contributed by atoms with Crippen LogP contribution in [0, 0.1) is 6.92 Å². The number of benzene rings is 1. The lowest BCUT2D eigenvalue weighted by molar-refractivity contribution is 0.622. The second-order valence-electron chi connectivity index (χ2n) is 5.12. The third-order valence-electron chi connectivity index (χ3n) is 3.51. The van der Waals surface area contributed by atoms with Crippen LogP contribution in [0.5, 0.6) is 0 Å². The summed E-state index contributed by atoms with van der Waals surface area (Å²) in [6.07, 6.45) is 3.90. The van der Waals surface area contributed by atoms with Crippen LogP contribution < -0.4 is 5.73 Å². The van der Waals surface area contributed by atoms with Gasteiger partial charge in [-0.1, -0.05) is 29.8 Å². The molecule has 19 heavy (non-hydrogen) atoms. The van der Waals surface area contributed by atoms with Gasteiger partial charge in [-0.15, -0.1) is 0 Å². The van der Waals surface area contributed by atoms with Gasteiger partial charge in [0.15, 0.2) is 0 Å². The van der Waals surface area contributed by atoms with Crippen LogP contribution in [0.3, 0.4) is 0 Å². The number of imidazole rings is 1. The van der Waals surface area contributed by atoms with Crippen LogP contribution in [0.1, 0.15) is 42.5 Å². The molecule has 0 radical (unpaired) electrons. The minimum absolute atomic E-state index is 0.0422. The molecule has 1 aromatic carbocycles. The number of nitrogens with zero attached hydrogens (tertiary/aromatic N) is 2. The molecule has 3 nitrogen and oxygen atoms in total. The third kappa shape index (κ3) is 3.24. The predicted molar refractivity (Wildman–Crippen MR) is 79.1 cm³/mol. The maximum atomic E-state index is 5.97. The van der Waals surface area contributed by atoms with Crippen molar-refractivity contribution in [2.75, 3.05) is 0 Å². The van der Waals surface area contributed by atoms with Gasteiger partial charge in [-0.25, -0.2) is 4.98 Å². The molecule has 2 aromatic rings. The van der Waals surface area contributed by atoms with E-state index in [1.54, 1.807) is 0 Å². The summed E-state index contributed by atoms with van der Waals surface area (Å²) < 4.78 is 2.23. The Balaban J connectivity index is 2.09. The summed E-state index contributed by atoms with van der Waals surface area (Å²) in [6, 6.07) is 8.76. The summed E-state index contributed by atoms with van der Waals surface area (Å²) in [5.41, 5.74) is 9.76. The van der Waals surface area contributed by atoms with Gasteiger partial charge in [0.05, 0.1) is 11.9 Å². The number of nitrogens with two attached hydrogens (primary N) is 1. The van der Waals surface area contributed by atoms with E-state index in [1.807, 2.05) is 13.1 Å². The molecular weight excluding hydrogens is 234 g/mol. The molecule has 0 aliphatic heterocycles. The second-order valence-corrected chi connectivity index (χ2v) is 5.12. The van der Waals surface area contributed by atoms with E-state index in [0.29, 0.717) is 0 Å². The molecule has 3 heteroatoms. The van der Waals surface area contributed by atoms with Crippen molar-refractivity contribution in [2.24, 2.45) is 5.73 Å². The largest absolute Gasteiger partial charge is 0.331 e. The zero-order valence-corrected chi connectivity index (χ0v) is 12.1. The maximum Gasteiger partial charge on any atom is 0.109 e. The van der Waals surface area contributed by atoms with Crippen molar-refractivity contribution in [1.82, 2.24) is 9.55 Å². The Morgan fingerprint density at radius 3 is 2.47 bits per heavy atom. The zero-order chi connectivity index (χ0) is 13.8. The van der Waals surface area contributed by atoms with E-state index >= 15 is 0 Å². The average molecular weight is 257 g/mol.